The first-order chi connectivity index (χ1) is 12.5. The van der Waals surface area contributed by atoms with Gasteiger partial charge in [-0.05, 0) is 31.2 Å². The fourth-order valence-electron chi connectivity index (χ4n) is 3.43. The van der Waals surface area contributed by atoms with Crippen molar-refractivity contribution in [1.29, 1.82) is 5.26 Å². The highest BCUT2D eigenvalue weighted by molar-refractivity contribution is 7.09. The van der Waals surface area contributed by atoms with Crippen molar-refractivity contribution >= 4 is 23.2 Å². The topological polar surface area (TPSA) is 77.6 Å². The van der Waals surface area contributed by atoms with E-state index in [0.717, 1.165) is 41.9 Å². The van der Waals surface area contributed by atoms with Crippen LogP contribution in [0.5, 0.6) is 0 Å². The van der Waals surface area contributed by atoms with E-state index in [-0.39, 0.29) is 24.9 Å². The van der Waals surface area contributed by atoms with Crippen molar-refractivity contribution in [3.05, 3.63) is 22.4 Å². The molecule has 1 aliphatic rings. The number of quaternary nitrogens is 1. The van der Waals surface area contributed by atoms with Gasteiger partial charge < -0.3 is 15.1 Å². The Bertz CT molecular complexity index is 632. The molecule has 0 saturated heterocycles. The van der Waals surface area contributed by atoms with Crippen LogP contribution in [0.25, 0.3) is 0 Å². The third-order valence-corrected chi connectivity index (χ3v) is 6.13. The highest BCUT2D eigenvalue weighted by atomic mass is 32.1. The molecule has 0 aliphatic heterocycles. The lowest BCUT2D eigenvalue weighted by Gasteiger charge is -2.39. The van der Waals surface area contributed by atoms with Crippen LogP contribution in [-0.4, -0.2) is 48.9 Å². The minimum absolute atomic E-state index is 0.0571. The lowest BCUT2D eigenvalue weighted by atomic mass is 9.81. The summed E-state index contributed by atoms with van der Waals surface area (Å²) in [6.45, 7) is 3.68. The number of thiophene rings is 1. The smallest absolute Gasteiger partial charge is 0.278 e. The van der Waals surface area contributed by atoms with Crippen molar-refractivity contribution in [1.82, 2.24) is 10.2 Å². The molecule has 7 heteroatoms. The van der Waals surface area contributed by atoms with Gasteiger partial charge in [-0.25, -0.2) is 0 Å². The summed E-state index contributed by atoms with van der Waals surface area (Å²) in [7, 11) is 1.74. The van der Waals surface area contributed by atoms with E-state index in [4.69, 9.17) is 0 Å². The number of likely N-dealkylation sites (N-methyl/N-ethyl adjacent to an activating group) is 2. The number of hydrogen-bond acceptors (Lipinski definition) is 4. The summed E-state index contributed by atoms with van der Waals surface area (Å²) in [4.78, 5) is 28.6. The van der Waals surface area contributed by atoms with E-state index in [1.807, 2.05) is 24.4 Å². The molecule has 1 heterocycles. The maximum Gasteiger partial charge on any atom is 0.278 e. The average molecular weight is 378 g/mol. The van der Waals surface area contributed by atoms with Gasteiger partial charge in [-0.1, -0.05) is 25.3 Å². The number of hydrogen-bond donors (Lipinski definition) is 2. The second kappa shape index (κ2) is 9.70. The van der Waals surface area contributed by atoms with Gasteiger partial charge in [0.15, 0.2) is 13.1 Å². The zero-order chi connectivity index (χ0) is 19.0. The molecular formula is C19H29N4O2S+. The van der Waals surface area contributed by atoms with Crippen molar-refractivity contribution in [2.75, 3.05) is 26.7 Å². The fourth-order valence-corrected chi connectivity index (χ4v) is 4.08. The molecule has 2 N–H and O–H groups in total. The average Bonchev–Trinajstić information content (AvgIpc) is 3.19. The summed E-state index contributed by atoms with van der Waals surface area (Å²) in [6, 6.07) is 6.33. The monoisotopic (exact) mass is 377 g/mol. The molecular weight excluding hydrogens is 348 g/mol. The molecule has 0 spiro atoms. The zero-order valence-electron chi connectivity index (χ0n) is 15.7. The number of nitrogens with zero attached hydrogens (tertiary/aromatic N) is 2. The maximum absolute atomic E-state index is 12.7. The van der Waals surface area contributed by atoms with Crippen LogP contribution in [0.2, 0.25) is 0 Å². The van der Waals surface area contributed by atoms with Gasteiger partial charge in [-0.15, -0.1) is 11.3 Å². The number of rotatable bonds is 8. The van der Waals surface area contributed by atoms with Crippen LogP contribution in [0.4, 0.5) is 0 Å². The lowest BCUT2D eigenvalue weighted by Crippen LogP contribution is -3.14. The van der Waals surface area contributed by atoms with E-state index in [0.29, 0.717) is 13.1 Å². The third kappa shape index (κ3) is 5.29. The molecule has 2 amide bonds. The molecule has 0 radical (unpaired) electrons. The number of nitrogens with one attached hydrogen (secondary N) is 2. The van der Waals surface area contributed by atoms with Gasteiger partial charge in [0.2, 0.25) is 0 Å². The molecule has 1 unspecified atom stereocenters. The molecule has 1 aliphatic carbocycles. The Labute approximate surface area is 159 Å². The van der Waals surface area contributed by atoms with Crippen molar-refractivity contribution in [3.8, 4) is 6.07 Å². The lowest BCUT2D eigenvalue weighted by molar-refractivity contribution is -0.882. The van der Waals surface area contributed by atoms with E-state index in [9.17, 15) is 14.9 Å². The summed E-state index contributed by atoms with van der Waals surface area (Å²) < 4.78 is 0. The third-order valence-electron chi connectivity index (χ3n) is 5.26. The first kappa shape index (κ1) is 20.4. The molecule has 1 atom stereocenters. The van der Waals surface area contributed by atoms with Crippen LogP contribution in [0.1, 0.15) is 43.9 Å². The number of nitriles is 1. The molecule has 0 aromatic carbocycles. The minimum atomic E-state index is -0.671. The van der Waals surface area contributed by atoms with Gasteiger partial charge in [0.1, 0.15) is 5.54 Å². The van der Waals surface area contributed by atoms with Crippen LogP contribution < -0.4 is 10.2 Å². The van der Waals surface area contributed by atoms with E-state index in [1.54, 1.807) is 23.3 Å². The van der Waals surface area contributed by atoms with Gasteiger partial charge >= 0.3 is 0 Å². The highest BCUT2D eigenvalue weighted by Crippen LogP contribution is 2.32. The zero-order valence-corrected chi connectivity index (χ0v) is 16.5. The predicted octanol–water partition coefficient (Wildman–Crippen LogP) is 0.954. The van der Waals surface area contributed by atoms with Gasteiger partial charge in [0.25, 0.3) is 11.8 Å². The quantitative estimate of drug-likeness (QED) is 0.708. The summed E-state index contributed by atoms with van der Waals surface area (Å²) in [5, 5.41) is 14.5. The van der Waals surface area contributed by atoms with Crippen molar-refractivity contribution < 1.29 is 14.5 Å². The first-order valence-electron chi connectivity index (χ1n) is 9.31. The minimum Gasteiger partial charge on any atom is -0.346 e. The summed E-state index contributed by atoms with van der Waals surface area (Å²) in [6.07, 6.45) is 4.59. The predicted molar refractivity (Wildman–Crippen MR) is 102 cm³/mol. The maximum atomic E-state index is 12.7. The molecule has 1 aromatic rings. The Morgan fingerprint density at radius 2 is 2.08 bits per heavy atom. The summed E-state index contributed by atoms with van der Waals surface area (Å²) >= 11 is 1.61. The molecule has 2 rings (SSSR count). The van der Waals surface area contributed by atoms with Gasteiger partial charge in [0, 0.05) is 11.9 Å². The number of carbonyl (C=O) groups is 2. The molecule has 0 bridgehead atoms. The van der Waals surface area contributed by atoms with Crippen molar-refractivity contribution in [3.63, 3.8) is 0 Å². The van der Waals surface area contributed by atoms with E-state index >= 15 is 0 Å². The Morgan fingerprint density at radius 3 is 2.65 bits per heavy atom. The van der Waals surface area contributed by atoms with Crippen molar-refractivity contribution in [2.45, 2.75) is 51.1 Å². The first-order valence-corrected chi connectivity index (χ1v) is 10.2. The number of carbonyl (C=O) groups excluding carboxylic acids is 2. The molecule has 1 fully saturated rings. The Kier molecular flexibility index (Phi) is 7.61. The van der Waals surface area contributed by atoms with E-state index < -0.39 is 5.54 Å². The van der Waals surface area contributed by atoms with E-state index in [2.05, 4.69) is 11.4 Å². The standard InChI is InChI=1S/C19H28N4O2S/c1-3-23(13-17(24)21-12-16-8-7-11-26-16)14-18(25)22(2)19(15-20)9-5-4-6-10-19/h7-8,11H,3-6,9-10,12-14H2,1-2H3,(H,21,24)/p+1. The second-order valence-electron chi connectivity index (χ2n) is 6.97. The second-order valence-corrected chi connectivity index (χ2v) is 8.00. The van der Waals surface area contributed by atoms with E-state index in [1.165, 1.54) is 0 Å². The van der Waals surface area contributed by atoms with Crippen LogP contribution in [0.15, 0.2) is 17.5 Å². The number of amides is 2. The largest absolute Gasteiger partial charge is 0.346 e. The van der Waals surface area contributed by atoms with Crippen LogP contribution in [-0.2, 0) is 16.1 Å². The van der Waals surface area contributed by atoms with Gasteiger partial charge in [-0.3, -0.25) is 9.59 Å². The summed E-state index contributed by atoms with van der Waals surface area (Å²) in [5.41, 5.74) is -0.671. The SMILES string of the molecule is CC[NH+](CC(=O)NCc1cccs1)CC(=O)N(C)C1(C#N)CCCCC1. The molecule has 1 aromatic heterocycles. The highest BCUT2D eigenvalue weighted by Gasteiger charge is 2.39. The van der Waals surface area contributed by atoms with Gasteiger partial charge in [0.05, 0.1) is 19.2 Å². The molecule has 1 saturated carbocycles. The Morgan fingerprint density at radius 1 is 1.35 bits per heavy atom. The molecule has 142 valence electrons. The molecule has 6 nitrogen and oxygen atoms in total. The summed E-state index contributed by atoms with van der Waals surface area (Å²) in [5.74, 6) is -0.116. The fraction of sp³-hybridized carbons (Fsp3) is 0.632. The Balaban J connectivity index is 1.86. The Hall–Kier alpha value is -1.91. The molecule has 26 heavy (non-hydrogen) atoms. The normalized spacial score (nSPS) is 17.1. The van der Waals surface area contributed by atoms with Crippen LogP contribution in [0, 0.1) is 11.3 Å². The van der Waals surface area contributed by atoms with Crippen LogP contribution in [0.3, 0.4) is 0 Å². The van der Waals surface area contributed by atoms with Gasteiger partial charge in [-0.2, -0.15) is 5.26 Å². The van der Waals surface area contributed by atoms with Crippen molar-refractivity contribution in [2.24, 2.45) is 0 Å². The van der Waals surface area contributed by atoms with Crippen LogP contribution >= 0.6 is 11.3 Å².